The fraction of sp³-hybridized carbons (Fsp3) is 0.375. The van der Waals surface area contributed by atoms with E-state index in [1.165, 1.54) is 17.3 Å². The number of thioether (sulfide) groups is 1. The Morgan fingerprint density at radius 2 is 2.05 bits per heavy atom. The smallest absolute Gasteiger partial charge is 0.237 e. The average Bonchev–Trinajstić information content (AvgIpc) is 2.90. The lowest BCUT2D eigenvalue weighted by Crippen LogP contribution is -2.15. The first-order valence-corrected chi connectivity index (χ1v) is 8.17. The van der Waals surface area contributed by atoms with Gasteiger partial charge in [-0.2, -0.15) is 0 Å². The van der Waals surface area contributed by atoms with E-state index in [4.69, 9.17) is 4.52 Å². The van der Waals surface area contributed by atoms with Gasteiger partial charge >= 0.3 is 0 Å². The lowest BCUT2D eigenvalue weighted by atomic mass is 9.98. The summed E-state index contributed by atoms with van der Waals surface area (Å²) < 4.78 is 5.26. The molecule has 0 aliphatic heterocycles. The monoisotopic (exact) mass is 302 g/mol. The molecular formula is C16H18N2O2S. The van der Waals surface area contributed by atoms with E-state index in [1.54, 1.807) is 0 Å². The molecule has 4 nitrogen and oxygen atoms in total. The predicted molar refractivity (Wildman–Crippen MR) is 83.7 cm³/mol. The SMILES string of the molecule is Cc1ccc(SCC(=O)Nc2onc3c2CCCC3)cc1. The van der Waals surface area contributed by atoms with Gasteiger partial charge < -0.3 is 4.52 Å². The maximum Gasteiger partial charge on any atom is 0.237 e. The highest BCUT2D eigenvalue weighted by atomic mass is 32.2. The van der Waals surface area contributed by atoms with Gasteiger partial charge in [0.15, 0.2) is 0 Å². The number of hydrogen-bond donors (Lipinski definition) is 1. The fourth-order valence-corrected chi connectivity index (χ4v) is 3.13. The number of benzene rings is 1. The topological polar surface area (TPSA) is 55.1 Å². The molecule has 1 heterocycles. The van der Waals surface area contributed by atoms with Crippen molar-refractivity contribution < 1.29 is 9.32 Å². The van der Waals surface area contributed by atoms with Gasteiger partial charge in [-0.1, -0.05) is 22.9 Å². The first-order valence-electron chi connectivity index (χ1n) is 7.19. The summed E-state index contributed by atoms with van der Waals surface area (Å²) in [5.41, 5.74) is 3.30. The summed E-state index contributed by atoms with van der Waals surface area (Å²) in [7, 11) is 0. The number of rotatable bonds is 4. The Hall–Kier alpha value is -1.75. The Bertz CT molecular complexity index is 634. The molecule has 1 aliphatic rings. The van der Waals surface area contributed by atoms with Crippen LogP contribution in [0.25, 0.3) is 0 Å². The minimum absolute atomic E-state index is 0.0508. The Labute approximate surface area is 128 Å². The van der Waals surface area contributed by atoms with Crippen molar-refractivity contribution in [3.63, 3.8) is 0 Å². The van der Waals surface area contributed by atoms with E-state index in [-0.39, 0.29) is 5.91 Å². The number of amides is 1. The average molecular weight is 302 g/mol. The molecule has 1 aromatic heterocycles. The second-order valence-electron chi connectivity index (χ2n) is 5.29. The maximum absolute atomic E-state index is 12.0. The summed E-state index contributed by atoms with van der Waals surface area (Å²) in [5, 5.41) is 6.88. The molecule has 0 bridgehead atoms. The van der Waals surface area contributed by atoms with Gasteiger partial charge in [0.2, 0.25) is 11.8 Å². The maximum atomic E-state index is 12.0. The van der Waals surface area contributed by atoms with Crippen LogP contribution >= 0.6 is 11.8 Å². The summed E-state index contributed by atoms with van der Waals surface area (Å²) in [4.78, 5) is 13.1. The van der Waals surface area contributed by atoms with Crippen molar-refractivity contribution in [1.29, 1.82) is 0 Å². The molecule has 1 amide bonds. The van der Waals surface area contributed by atoms with Crippen LogP contribution in [-0.2, 0) is 17.6 Å². The van der Waals surface area contributed by atoms with Crippen molar-refractivity contribution in [1.82, 2.24) is 5.16 Å². The number of carbonyl (C=O) groups excluding carboxylic acids is 1. The Morgan fingerprint density at radius 1 is 1.29 bits per heavy atom. The molecule has 1 aromatic carbocycles. The van der Waals surface area contributed by atoms with Crippen molar-refractivity contribution in [2.75, 3.05) is 11.1 Å². The Morgan fingerprint density at radius 3 is 2.86 bits per heavy atom. The highest BCUT2D eigenvalue weighted by molar-refractivity contribution is 8.00. The first-order chi connectivity index (χ1) is 10.2. The first kappa shape index (κ1) is 14.2. The highest BCUT2D eigenvalue weighted by Crippen LogP contribution is 2.27. The van der Waals surface area contributed by atoms with Gasteiger partial charge in [-0.05, 0) is 44.7 Å². The van der Waals surface area contributed by atoms with Crippen LogP contribution < -0.4 is 5.32 Å². The molecule has 1 aliphatic carbocycles. The van der Waals surface area contributed by atoms with Crippen molar-refractivity contribution in [2.45, 2.75) is 37.5 Å². The third-order valence-electron chi connectivity index (χ3n) is 3.60. The largest absolute Gasteiger partial charge is 0.338 e. The molecule has 0 spiro atoms. The molecule has 0 fully saturated rings. The number of aryl methyl sites for hydroxylation is 2. The summed E-state index contributed by atoms with van der Waals surface area (Å²) in [6, 6.07) is 8.16. The van der Waals surface area contributed by atoms with Gasteiger partial charge in [0.1, 0.15) is 0 Å². The van der Waals surface area contributed by atoms with Crippen LogP contribution in [0.4, 0.5) is 5.88 Å². The number of nitrogens with zero attached hydrogens (tertiary/aromatic N) is 1. The fourth-order valence-electron chi connectivity index (χ4n) is 2.43. The molecule has 2 aromatic rings. The molecule has 0 saturated carbocycles. The molecule has 21 heavy (non-hydrogen) atoms. The number of carbonyl (C=O) groups is 1. The van der Waals surface area contributed by atoms with E-state index in [0.717, 1.165) is 41.8 Å². The number of aromatic nitrogens is 1. The van der Waals surface area contributed by atoms with Gasteiger partial charge in [-0.3, -0.25) is 10.1 Å². The summed E-state index contributed by atoms with van der Waals surface area (Å²) in [6.45, 7) is 2.05. The molecule has 3 rings (SSSR count). The van der Waals surface area contributed by atoms with Gasteiger partial charge in [0, 0.05) is 10.5 Å². The van der Waals surface area contributed by atoms with E-state index in [1.807, 2.05) is 31.2 Å². The van der Waals surface area contributed by atoms with Gasteiger partial charge in [-0.25, -0.2) is 0 Å². The number of hydrogen-bond acceptors (Lipinski definition) is 4. The molecule has 0 saturated heterocycles. The number of fused-ring (bicyclic) bond motifs is 1. The van der Waals surface area contributed by atoms with E-state index < -0.39 is 0 Å². The second kappa shape index (κ2) is 6.35. The van der Waals surface area contributed by atoms with Gasteiger partial charge in [-0.15, -0.1) is 11.8 Å². The summed E-state index contributed by atoms with van der Waals surface area (Å²) in [6.07, 6.45) is 4.18. The van der Waals surface area contributed by atoms with E-state index >= 15 is 0 Å². The molecule has 0 unspecified atom stereocenters. The highest BCUT2D eigenvalue weighted by Gasteiger charge is 2.20. The predicted octanol–water partition coefficient (Wildman–Crippen LogP) is 3.59. The number of nitrogens with one attached hydrogen (secondary N) is 1. The standard InChI is InChI=1S/C16H18N2O2S/c1-11-6-8-12(9-7-11)21-10-15(19)17-16-13-4-2-3-5-14(13)18-20-16/h6-9H,2-5,10H2,1H3,(H,17,19). The molecule has 110 valence electrons. The second-order valence-corrected chi connectivity index (χ2v) is 6.34. The lowest BCUT2D eigenvalue weighted by molar-refractivity contribution is -0.113. The lowest BCUT2D eigenvalue weighted by Gasteiger charge is -2.09. The van der Waals surface area contributed by atoms with Crippen LogP contribution in [0.3, 0.4) is 0 Å². The molecule has 0 radical (unpaired) electrons. The summed E-state index contributed by atoms with van der Waals surface area (Å²) >= 11 is 1.52. The third-order valence-corrected chi connectivity index (χ3v) is 4.62. The zero-order valence-electron chi connectivity index (χ0n) is 12.0. The summed E-state index contributed by atoms with van der Waals surface area (Å²) in [5.74, 6) is 0.864. The van der Waals surface area contributed by atoms with Gasteiger partial charge in [0.25, 0.3) is 0 Å². The molecule has 5 heteroatoms. The Balaban J connectivity index is 1.57. The van der Waals surface area contributed by atoms with Crippen molar-refractivity contribution >= 4 is 23.6 Å². The zero-order valence-corrected chi connectivity index (χ0v) is 12.8. The quantitative estimate of drug-likeness (QED) is 0.877. The molecule has 1 N–H and O–H groups in total. The van der Waals surface area contributed by atoms with Gasteiger partial charge in [0.05, 0.1) is 11.4 Å². The molecule has 0 atom stereocenters. The van der Waals surface area contributed by atoms with Crippen LogP contribution in [0.5, 0.6) is 0 Å². The number of anilines is 1. The van der Waals surface area contributed by atoms with Crippen LogP contribution in [0.15, 0.2) is 33.7 Å². The van der Waals surface area contributed by atoms with Crippen molar-refractivity contribution in [3.8, 4) is 0 Å². The Kier molecular flexibility index (Phi) is 4.29. The van der Waals surface area contributed by atoms with E-state index in [9.17, 15) is 4.79 Å². The normalized spacial score (nSPS) is 13.8. The van der Waals surface area contributed by atoms with Crippen LogP contribution in [0.2, 0.25) is 0 Å². The van der Waals surface area contributed by atoms with Crippen LogP contribution in [0.1, 0.15) is 29.7 Å². The van der Waals surface area contributed by atoms with Crippen LogP contribution in [-0.4, -0.2) is 16.8 Å². The molecular weight excluding hydrogens is 284 g/mol. The minimum atomic E-state index is -0.0508. The van der Waals surface area contributed by atoms with Crippen LogP contribution in [0, 0.1) is 6.92 Å². The zero-order chi connectivity index (χ0) is 14.7. The van der Waals surface area contributed by atoms with E-state index in [2.05, 4.69) is 10.5 Å². The third kappa shape index (κ3) is 3.47. The van der Waals surface area contributed by atoms with E-state index in [0.29, 0.717) is 11.6 Å². The van der Waals surface area contributed by atoms with Crippen molar-refractivity contribution in [3.05, 3.63) is 41.1 Å². The minimum Gasteiger partial charge on any atom is -0.338 e. The van der Waals surface area contributed by atoms with Crippen molar-refractivity contribution in [2.24, 2.45) is 0 Å².